The van der Waals surface area contributed by atoms with Crippen LogP contribution < -0.4 is 9.64 Å². The first kappa shape index (κ1) is 16.8. The van der Waals surface area contributed by atoms with Gasteiger partial charge in [0.2, 0.25) is 5.88 Å². The van der Waals surface area contributed by atoms with Crippen LogP contribution in [0.4, 0.5) is 5.82 Å². The van der Waals surface area contributed by atoms with E-state index in [0.717, 1.165) is 43.5 Å². The molecule has 134 valence electrons. The Bertz CT molecular complexity index is 801. The molecule has 26 heavy (non-hydrogen) atoms. The minimum absolute atomic E-state index is 0.542. The highest BCUT2D eigenvalue weighted by Gasteiger charge is 2.38. The zero-order valence-electron chi connectivity index (χ0n) is 15.0. The van der Waals surface area contributed by atoms with Crippen molar-refractivity contribution in [1.82, 2.24) is 14.9 Å². The fraction of sp³-hybridized carbons (Fsp3) is 0.450. The van der Waals surface area contributed by atoms with Crippen LogP contribution in [0.15, 0.2) is 36.7 Å². The molecule has 2 atom stereocenters. The molecular weight excluding hydrogens is 326 g/mol. The average Bonchev–Trinajstić information content (AvgIpc) is 3.10. The van der Waals surface area contributed by atoms with Gasteiger partial charge in [-0.3, -0.25) is 4.90 Å². The topological polar surface area (TPSA) is 65.3 Å². The average molecular weight is 349 g/mol. The number of likely N-dealkylation sites (tertiary alicyclic amines) is 1. The maximum absolute atomic E-state index is 8.96. The van der Waals surface area contributed by atoms with Crippen molar-refractivity contribution < 1.29 is 4.74 Å². The molecule has 1 aromatic carbocycles. The summed E-state index contributed by atoms with van der Waals surface area (Å²) in [5.41, 5.74) is 1.99. The maximum Gasteiger partial charge on any atom is 0.218 e. The molecule has 0 bridgehead atoms. The van der Waals surface area contributed by atoms with Gasteiger partial charge in [0.1, 0.15) is 12.1 Å². The Balaban J connectivity index is 1.46. The number of piperidine rings is 1. The van der Waals surface area contributed by atoms with Crippen molar-refractivity contribution >= 4 is 5.82 Å². The summed E-state index contributed by atoms with van der Waals surface area (Å²) in [7, 11) is 1.63. The van der Waals surface area contributed by atoms with E-state index in [1.165, 1.54) is 18.4 Å². The smallest absolute Gasteiger partial charge is 0.218 e. The summed E-state index contributed by atoms with van der Waals surface area (Å²) < 4.78 is 5.24. The van der Waals surface area contributed by atoms with Crippen LogP contribution >= 0.6 is 0 Å². The number of nitriles is 1. The van der Waals surface area contributed by atoms with Gasteiger partial charge in [0.05, 0.1) is 18.7 Å². The van der Waals surface area contributed by atoms with Crippen LogP contribution in [0.25, 0.3) is 0 Å². The molecule has 2 aliphatic heterocycles. The highest BCUT2D eigenvalue weighted by molar-refractivity contribution is 5.42. The quantitative estimate of drug-likeness (QED) is 0.845. The minimum atomic E-state index is 0.542. The van der Waals surface area contributed by atoms with Gasteiger partial charge in [0, 0.05) is 31.7 Å². The molecule has 2 aromatic rings. The zero-order valence-corrected chi connectivity index (χ0v) is 15.0. The van der Waals surface area contributed by atoms with Crippen LogP contribution in [-0.4, -0.2) is 47.7 Å². The summed E-state index contributed by atoms with van der Waals surface area (Å²) in [4.78, 5) is 13.5. The van der Waals surface area contributed by atoms with E-state index in [4.69, 9.17) is 10.00 Å². The molecule has 0 radical (unpaired) electrons. The second-order valence-electron chi connectivity index (χ2n) is 7.05. The molecular formula is C20H23N5O. The summed E-state index contributed by atoms with van der Waals surface area (Å²) in [6.07, 6.45) is 4.03. The molecule has 3 heterocycles. The molecule has 0 N–H and O–H groups in total. The molecule has 6 nitrogen and oxygen atoms in total. The van der Waals surface area contributed by atoms with Gasteiger partial charge >= 0.3 is 0 Å². The summed E-state index contributed by atoms with van der Waals surface area (Å²) >= 11 is 0. The fourth-order valence-electron chi connectivity index (χ4n) is 4.17. The van der Waals surface area contributed by atoms with Crippen molar-refractivity contribution in [1.29, 1.82) is 5.26 Å². The highest BCUT2D eigenvalue weighted by Crippen LogP contribution is 2.34. The van der Waals surface area contributed by atoms with Crippen molar-refractivity contribution in [3.63, 3.8) is 0 Å². The Morgan fingerprint density at radius 1 is 1.19 bits per heavy atom. The summed E-state index contributed by atoms with van der Waals surface area (Å²) in [6, 6.07) is 12.6. The third-order valence-corrected chi connectivity index (χ3v) is 5.61. The molecule has 0 saturated carbocycles. The van der Waals surface area contributed by atoms with Gasteiger partial charge in [-0.1, -0.05) is 12.1 Å². The van der Waals surface area contributed by atoms with Crippen molar-refractivity contribution in [2.75, 3.05) is 31.6 Å². The first-order valence-electron chi connectivity index (χ1n) is 9.11. The second kappa shape index (κ2) is 7.30. The van der Waals surface area contributed by atoms with Crippen molar-refractivity contribution in [3.8, 4) is 11.9 Å². The van der Waals surface area contributed by atoms with Crippen LogP contribution in [0.3, 0.4) is 0 Å². The molecule has 0 aliphatic carbocycles. The van der Waals surface area contributed by atoms with E-state index in [-0.39, 0.29) is 0 Å². The van der Waals surface area contributed by atoms with Gasteiger partial charge in [-0.05, 0) is 43.0 Å². The van der Waals surface area contributed by atoms with Crippen LogP contribution in [0.5, 0.6) is 5.88 Å². The first-order valence-corrected chi connectivity index (χ1v) is 9.11. The SMILES string of the molecule is COc1cc(N2CCC3CCN(Cc4ccc(C#N)cc4)C3C2)ncn1. The summed E-state index contributed by atoms with van der Waals surface area (Å²) in [5, 5.41) is 8.96. The maximum atomic E-state index is 8.96. The number of methoxy groups -OCH3 is 1. The lowest BCUT2D eigenvalue weighted by molar-refractivity contribution is 0.200. The Kier molecular flexibility index (Phi) is 4.72. The van der Waals surface area contributed by atoms with Crippen LogP contribution in [-0.2, 0) is 6.54 Å². The second-order valence-corrected chi connectivity index (χ2v) is 7.05. The van der Waals surface area contributed by atoms with Gasteiger partial charge in [0.15, 0.2) is 0 Å². The van der Waals surface area contributed by atoms with E-state index in [9.17, 15) is 0 Å². The van der Waals surface area contributed by atoms with Gasteiger partial charge in [0.25, 0.3) is 0 Å². The molecule has 6 heteroatoms. The molecule has 2 fully saturated rings. The normalized spacial score (nSPS) is 22.7. The number of ether oxygens (including phenoxy) is 1. The number of benzene rings is 1. The molecule has 4 rings (SSSR count). The van der Waals surface area contributed by atoms with E-state index in [0.29, 0.717) is 11.9 Å². The van der Waals surface area contributed by atoms with Gasteiger partial charge < -0.3 is 9.64 Å². The third-order valence-electron chi connectivity index (χ3n) is 5.61. The highest BCUT2D eigenvalue weighted by atomic mass is 16.5. The Labute approximate surface area is 154 Å². The largest absolute Gasteiger partial charge is 0.481 e. The fourth-order valence-corrected chi connectivity index (χ4v) is 4.17. The number of hydrogen-bond acceptors (Lipinski definition) is 6. The molecule has 2 unspecified atom stereocenters. The monoisotopic (exact) mass is 349 g/mol. The van der Waals surface area contributed by atoms with E-state index in [1.807, 2.05) is 18.2 Å². The van der Waals surface area contributed by atoms with Crippen LogP contribution in [0, 0.1) is 17.2 Å². The molecule has 2 saturated heterocycles. The molecule has 0 amide bonds. The Morgan fingerprint density at radius 3 is 2.77 bits per heavy atom. The van der Waals surface area contributed by atoms with E-state index in [1.54, 1.807) is 13.4 Å². The van der Waals surface area contributed by atoms with E-state index in [2.05, 4.69) is 38.0 Å². The number of fused-ring (bicyclic) bond motifs is 1. The zero-order chi connectivity index (χ0) is 17.9. The van der Waals surface area contributed by atoms with E-state index < -0.39 is 0 Å². The van der Waals surface area contributed by atoms with Gasteiger partial charge in [-0.25, -0.2) is 9.97 Å². The lowest BCUT2D eigenvalue weighted by Gasteiger charge is -2.39. The van der Waals surface area contributed by atoms with Gasteiger partial charge in [-0.2, -0.15) is 5.26 Å². The standard InChI is InChI=1S/C20H23N5O/c1-26-20-10-19(22-14-23-20)25-9-7-17-6-8-24(18(17)13-25)12-16-4-2-15(11-21)3-5-16/h2-5,10,14,17-18H,6-9,12-13H2,1H3. The number of aromatic nitrogens is 2. The number of nitrogens with zero attached hydrogens (tertiary/aromatic N) is 5. The van der Waals surface area contributed by atoms with Crippen LogP contribution in [0.1, 0.15) is 24.0 Å². The van der Waals surface area contributed by atoms with Crippen molar-refractivity contribution in [2.24, 2.45) is 5.92 Å². The molecule has 0 spiro atoms. The number of hydrogen-bond donors (Lipinski definition) is 0. The summed E-state index contributed by atoms with van der Waals surface area (Å²) in [6.45, 7) is 4.09. The number of anilines is 1. The lowest BCUT2D eigenvalue weighted by atomic mass is 9.92. The van der Waals surface area contributed by atoms with Gasteiger partial charge in [-0.15, -0.1) is 0 Å². The molecule has 2 aliphatic rings. The predicted molar refractivity (Wildman–Crippen MR) is 98.9 cm³/mol. The third kappa shape index (κ3) is 3.35. The number of rotatable bonds is 4. The van der Waals surface area contributed by atoms with Crippen molar-refractivity contribution in [3.05, 3.63) is 47.8 Å². The minimum Gasteiger partial charge on any atom is -0.481 e. The Morgan fingerprint density at radius 2 is 2.00 bits per heavy atom. The lowest BCUT2D eigenvalue weighted by Crippen LogP contribution is -2.48. The summed E-state index contributed by atoms with van der Waals surface area (Å²) in [5.74, 6) is 2.31. The molecule has 1 aromatic heterocycles. The Hall–Kier alpha value is -2.65. The van der Waals surface area contributed by atoms with Crippen LogP contribution in [0.2, 0.25) is 0 Å². The van der Waals surface area contributed by atoms with Crippen molar-refractivity contribution in [2.45, 2.75) is 25.4 Å². The predicted octanol–water partition coefficient (Wildman–Crippen LogP) is 2.46. The van der Waals surface area contributed by atoms with E-state index >= 15 is 0 Å². The first-order chi connectivity index (χ1) is 12.8.